The first-order chi connectivity index (χ1) is 27.5. The summed E-state index contributed by atoms with van der Waals surface area (Å²) in [7, 11) is -1.80. The highest BCUT2D eigenvalue weighted by atomic mass is 32.2. The molecule has 292 valence electrons. The Morgan fingerprint density at radius 1 is 0.930 bits per heavy atom. The number of nitrogens with zero attached hydrogens (tertiary/aromatic N) is 9. The molecular weight excluding hydrogens is 747 g/mol. The normalized spacial score (nSPS) is 19.9. The Morgan fingerprint density at radius 3 is 2.40 bits per heavy atom. The van der Waals surface area contributed by atoms with E-state index in [0.29, 0.717) is 76.8 Å². The molecular formula is C42H42F2N10O2S. The zero-order valence-corrected chi connectivity index (χ0v) is 32.6. The van der Waals surface area contributed by atoms with Gasteiger partial charge < -0.3 is 15.1 Å². The summed E-state index contributed by atoms with van der Waals surface area (Å²) in [5, 5.41) is 9.76. The fraction of sp³-hybridized carbons (Fsp3) is 0.357. The molecule has 3 aliphatic heterocycles. The Balaban J connectivity index is 0.932. The van der Waals surface area contributed by atoms with Crippen LogP contribution in [0.25, 0.3) is 38.5 Å². The van der Waals surface area contributed by atoms with Crippen LogP contribution in [0, 0.1) is 11.6 Å². The molecule has 3 aromatic carbocycles. The number of anilines is 2. The number of halogens is 2. The number of rotatable bonds is 10. The number of likely N-dealkylation sites (N-methyl/N-ethyl adjacent to an activating group) is 1. The molecule has 2 unspecified atom stereocenters. The monoisotopic (exact) mass is 788 g/mol. The second-order valence-electron chi connectivity index (χ2n) is 16.1. The second kappa shape index (κ2) is 13.6. The first-order valence-corrected chi connectivity index (χ1v) is 20.9. The van der Waals surface area contributed by atoms with Crippen LogP contribution in [0.15, 0.2) is 78.6 Å². The van der Waals surface area contributed by atoms with E-state index in [1.54, 1.807) is 37.4 Å². The van der Waals surface area contributed by atoms with E-state index in [4.69, 9.17) is 9.97 Å². The van der Waals surface area contributed by atoms with Gasteiger partial charge in [0.2, 0.25) is 5.95 Å². The quantitative estimate of drug-likeness (QED) is 0.173. The predicted octanol–water partition coefficient (Wildman–Crippen LogP) is 6.12. The Bertz CT molecular complexity index is 2680. The third-order valence-electron chi connectivity index (χ3n) is 11.9. The van der Waals surface area contributed by atoms with Crippen LogP contribution in [0.1, 0.15) is 55.5 Å². The van der Waals surface area contributed by atoms with E-state index in [-0.39, 0.29) is 28.1 Å². The van der Waals surface area contributed by atoms with Crippen molar-refractivity contribution < 1.29 is 17.2 Å². The predicted molar refractivity (Wildman–Crippen MR) is 216 cm³/mol. The standard InChI is InChI=1S/C42H42F2N10O2S/c1-24(2)35-34(43)16-11-26-5-4-6-32(36(26)35)38-37(44)39-33(17-45-38)41(52-19-28-12-13-29(20-52)47-28)49-42(48-39)53-21-30(22-53)51(3)18-25-7-14-31(15-8-25)57(55,56)54-23-46-40(50-54)27-9-10-27/h4-8,11,14-17,23,27-30,47H,1,9-10,12-13,18-22H2,2-3H3. The lowest BCUT2D eigenvalue weighted by Crippen LogP contribution is -2.59. The topological polar surface area (TPSA) is 125 Å². The first kappa shape index (κ1) is 36.0. The van der Waals surface area contributed by atoms with Crippen LogP contribution in [-0.2, 0) is 16.6 Å². The molecule has 2 atom stereocenters. The molecule has 10 rings (SSSR count). The highest BCUT2D eigenvalue weighted by molar-refractivity contribution is 7.89. The van der Waals surface area contributed by atoms with Gasteiger partial charge in [-0.3, -0.25) is 9.88 Å². The first-order valence-electron chi connectivity index (χ1n) is 19.5. The lowest BCUT2D eigenvalue weighted by molar-refractivity contribution is 0.196. The minimum atomic E-state index is -3.83. The average Bonchev–Trinajstić information content (AvgIpc) is 3.80. The summed E-state index contributed by atoms with van der Waals surface area (Å²) >= 11 is 0. The van der Waals surface area contributed by atoms with Gasteiger partial charge in [-0.25, -0.2) is 18.7 Å². The largest absolute Gasteiger partial charge is 0.353 e. The van der Waals surface area contributed by atoms with E-state index in [1.165, 1.54) is 12.4 Å². The third-order valence-corrected chi connectivity index (χ3v) is 13.5. The Kier molecular flexibility index (Phi) is 8.61. The third kappa shape index (κ3) is 6.32. The van der Waals surface area contributed by atoms with Gasteiger partial charge in [0.15, 0.2) is 11.6 Å². The Morgan fingerprint density at radius 2 is 1.68 bits per heavy atom. The van der Waals surface area contributed by atoms with E-state index >= 15 is 8.78 Å². The van der Waals surface area contributed by atoms with Crippen molar-refractivity contribution in [2.45, 2.75) is 68.1 Å². The number of aromatic nitrogens is 6. The van der Waals surface area contributed by atoms with Gasteiger partial charge in [0.1, 0.15) is 29.2 Å². The van der Waals surface area contributed by atoms with Crippen molar-refractivity contribution in [3.05, 3.63) is 102 Å². The van der Waals surface area contributed by atoms with Crippen LogP contribution in [0.2, 0.25) is 0 Å². The average molecular weight is 789 g/mol. The number of hydrogen-bond donors (Lipinski definition) is 1. The summed E-state index contributed by atoms with van der Waals surface area (Å²) in [6.07, 6.45) is 7.08. The molecule has 3 aromatic heterocycles. The van der Waals surface area contributed by atoms with Crippen LogP contribution in [0.3, 0.4) is 0 Å². The minimum Gasteiger partial charge on any atom is -0.353 e. The van der Waals surface area contributed by atoms with E-state index in [1.807, 2.05) is 31.3 Å². The molecule has 1 aliphatic carbocycles. The fourth-order valence-corrected chi connectivity index (χ4v) is 9.69. The van der Waals surface area contributed by atoms with Gasteiger partial charge in [-0.1, -0.05) is 43.0 Å². The van der Waals surface area contributed by atoms with Gasteiger partial charge in [-0.2, -0.15) is 13.4 Å². The summed E-state index contributed by atoms with van der Waals surface area (Å²) in [6.45, 7) is 9.12. The van der Waals surface area contributed by atoms with Crippen molar-refractivity contribution in [2.24, 2.45) is 0 Å². The number of benzene rings is 3. The SMILES string of the molecule is C=C(C)c1c(F)ccc2cccc(-c3ncc4c(N5CC6CCC(C5)N6)nc(N5CC(N(C)Cc6ccc(S(=O)(=O)n7cnc(C8CC8)n7)cc6)C5)nc4c3F)c12. The zero-order valence-electron chi connectivity index (χ0n) is 31.7. The molecule has 4 fully saturated rings. The van der Waals surface area contributed by atoms with Gasteiger partial charge in [-0.15, -0.1) is 9.19 Å². The van der Waals surface area contributed by atoms with Crippen molar-refractivity contribution in [1.82, 2.24) is 39.3 Å². The van der Waals surface area contributed by atoms with Crippen LogP contribution in [0.4, 0.5) is 20.5 Å². The summed E-state index contributed by atoms with van der Waals surface area (Å²) in [6, 6.07) is 16.3. The highest BCUT2D eigenvalue weighted by Gasteiger charge is 2.37. The Labute approximate surface area is 329 Å². The van der Waals surface area contributed by atoms with Gasteiger partial charge in [-0.05, 0) is 74.4 Å². The molecule has 57 heavy (non-hydrogen) atoms. The van der Waals surface area contributed by atoms with Crippen LogP contribution < -0.4 is 15.1 Å². The number of nitrogens with one attached hydrogen (secondary N) is 1. The second-order valence-corrected chi connectivity index (χ2v) is 17.8. The van der Waals surface area contributed by atoms with E-state index < -0.39 is 21.7 Å². The number of allylic oxidation sites excluding steroid dienone is 1. The molecule has 15 heteroatoms. The van der Waals surface area contributed by atoms with Gasteiger partial charge >= 0.3 is 0 Å². The van der Waals surface area contributed by atoms with Crippen LogP contribution >= 0.6 is 0 Å². The summed E-state index contributed by atoms with van der Waals surface area (Å²) in [4.78, 5) is 25.5. The molecule has 6 heterocycles. The minimum absolute atomic E-state index is 0.0986. The van der Waals surface area contributed by atoms with Gasteiger partial charge in [0, 0.05) is 79.5 Å². The maximum absolute atomic E-state index is 17.1. The molecule has 1 N–H and O–H groups in total. The van der Waals surface area contributed by atoms with Crippen LogP contribution in [0.5, 0.6) is 0 Å². The molecule has 2 bridgehead atoms. The van der Waals surface area contributed by atoms with E-state index in [0.717, 1.165) is 53.8 Å². The molecule has 6 aromatic rings. The molecule has 3 saturated heterocycles. The molecule has 0 spiro atoms. The number of hydrogen-bond acceptors (Lipinski definition) is 11. The molecule has 0 radical (unpaired) electrons. The van der Waals surface area contributed by atoms with E-state index in [9.17, 15) is 8.42 Å². The number of piperazine rings is 1. The van der Waals surface area contributed by atoms with Gasteiger partial charge in [0.05, 0.1) is 10.3 Å². The highest BCUT2D eigenvalue weighted by Crippen LogP contribution is 2.40. The molecule has 12 nitrogen and oxygen atoms in total. The fourth-order valence-electron chi connectivity index (χ4n) is 8.63. The smallest absolute Gasteiger partial charge is 0.284 e. The molecule has 4 aliphatic rings. The maximum atomic E-state index is 17.1. The van der Waals surface area contributed by atoms with Crippen molar-refractivity contribution in [1.29, 1.82) is 0 Å². The Hall–Kier alpha value is -5.38. The van der Waals surface area contributed by atoms with Crippen molar-refractivity contribution >= 4 is 49.0 Å². The lowest BCUT2D eigenvalue weighted by Gasteiger charge is -2.44. The van der Waals surface area contributed by atoms with E-state index in [2.05, 4.69) is 41.7 Å². The molecule has 1 saturated carbocycles. The maximum Gasteiger partial charge on any atom is 0.284 e. The van der Waals surface area contributed by atoms with Crippen molar-refractivity contribution in [3.63, 3.8) is 0 Å². The number of pyridine rings is 1. The summed E-state index contributed by atoms with van der Waals surface area (Å²) < 4.78 is 59.7. The molecule has 0 amide bonds. The lowest BCUT2D eigenvalue weighted by atomic mass is 9.93. The zero-order chi connectivity index (χ0) is 39.2. The number of fused-ring (bicyclic) bond motifs is 4. The van der Waals surface area contributed by atoms with Gasteiger partial charge in [0.25, 0.3) is 10.0 Å². The summed E-state index contributed by atoms with van der Waals surface area (Å²) in [5.41, 5.74) is 2.60. The summed E-state index contributed by atoms with van der Waals surface area (Å²) in [5.74, 6) is 0.955. The van der Waals surface area contributed by atoms with Crippen LogP contribution in [-0.4, -0.2) is 93.8 Å². The van der Waals surface area contributed by atoms with Crippen molar-refractivity contribution in [2.75, 3.05) is 43.0 Å². The van der Waals surface area contributed by atoms with Crippen molar-refractivity contribution in [3.8, 4) is 11.3 Å².